The van der Waals surface area contributed by atoms with Crippen molar-refractivity contribution in [3.8, 4) is 6.07 Å². The molecule has 2 aliphatic carbocycles. The molecule has 2 amide bonds. The molecule has 168 valence electrons. The second-order valence-electron chi connectivity index (χ2n) is 10.5. The number of hydrogen-bond acceptors (Lipinski definition) is 4. The summed E-state index contributed by atoms with van der Waals surface area (Å²) in [6.45, 7) is 3.28. The number of halogens is 1. The van der Waals surface area contributed by atoms with Crippen LogP contribution in [0.15, 0.2) is 24.3 Å². The number of amides is 2. The Balaban J connectivity index is 1.15. The largest absolute Gasteiger partial charge is 0.327 e. The van der Waals surface area contributed by atoms with Crippen LogP contribution in [0.25, 0.3) is 0 Å². The highest BCUT2D eigenvalue weighted by atomic mass is 19.1. The van der Waals surface area contributed by atoms with Crippen LogP contribution in [0.4, 0.5) is 4.39 Å². The molecule has 1 aromatic rings. The maximum atomic E-state index is 13.5. The molecule has 3 heterocycles. The topological polar surface area (TPSA) is 67.7 Å². The number of piperidine rings is 1. The molecule has 3 saturated heterocycles. The fourth-order valence-corrected chi connectivity index (χ4v) is 6.94. The molecule has 7 heteroatoms. The zero-order valence-corrected chi connectivity index (χ0v) is 18.4. The predicted octanol–water partition coefficient (Wildman–Crippen LogP) is 2.64. The fourth-order valence-electron chi connectivity index (χ4n) is 6.94. The van der Waals surface area contributed by atoms with Gasteiger partial charge in [-0.2, -0.15) is 5.26 Å². The van der Waals surface area contributed by atoms with E-state index in [1.54, 1.807) is 0 Å². The molecular weight excluding hydrogens is 407 g/mol. The van der Waals surface area contributed by atoms with Crippen LogP contribution in [0.1, 0.15) is 51.0 Å². The van der Waals surface area contributed by atoms with Gasteiger partial charge in [0.05, 0.1) is 17.6 Å². The van der Waals surface area contributed by atoms with Gasteiger partial charge >= 0.3 is 0 Å². The number of benzene rings is 1. The number of fused-ring (bicyclic) bond motifs is 3. The molecule has 2 saturated carbocycles. The highest BCUT2D eigenvalue weighted by Crippen LogP contribution is 2.52. The maximum Gasteiger partial charge on any atom is 0.241 e. The minimum atomic E-state index is -0.297. The van der Waals surface area contributed by atoms with Crippen LogP contribution >= 0.6 is 0 Å². The summed E-state index contributed by atoms with van der Waals surface area (Å²) in [4.78, 5) is 32.7. The summed E-state index contributed by atoms with van der Waals surface area (Å²) in [7, 11) is 0. The van der Waals surface area contributed by atoms with E-state index in [0.717, 1.165) is 50.6 Å². The van der Waals surface area contributed by atoms with E-state index in [1.165, 1.54) is 12.1 Å². The number of hydrogen-bond donors (Lipinski definition) is 0. The summed E-state index contributed by atoms with van der Waals surface area (Å²) < 4.78 is 13.5. The van der Waals surface area contributed by atoms with Crippen LogP contribution in [0, 0.1) is 29.0 Å². The molecule has 0 aromatic heterocycles. The Bertz CT molecular complexity index is 1000. The van der Waals surface area contributed by atoms with Crippen molar-refractivity contribution in [1.82, 2.24) is 14.7 Å². The van der Waals surface area contributed by atoms with Crippen molar-refractivity contribution >= 4 is 11.8 Å². The molecule has 6 rings (SSSR count). The third kappa shape index (κ3) is 2.78. The molecule has 0 radical (unpaired) electrons. The minimum absolute atomic E-state index is 0.0652. The van der Waals surface area contributed by atoms with Gasteiger partial charge in [0.2, 0.25) is 11.8 Å². The van der Waals surface area contributed by atoms with Crippen LogP contribution in [0.3, 0.4) is 0 Å². The summed E-state index contributed by atoms with van der Waals surface area (Å²) in [5.74, 6) is 0.259. The van der Waals surface area contributed by atoms with Crippen LogP contribution < -0.4 is 0 Å². The Kier molecular flexibility index (Phi) is 4.42. The van der Waals surface area contributed by atoms with Gasteiger partial charge in [0.1, 0.15) is 11.9 Å². The number of nitrogens with zero attached hydrogens (tertiary/aromatic N) is 4. The third-order valence-corrected chi connectivity index (χ3v) is 8.73. The van der Waals surface area contributed by atoms with Crippen molar-refractivity contribution < 1.29 is 14.0 Å². The molecular formula is C25H29FN4O2. The van der Waals surface area contributed by atoms with Crippen molar-refractivity contribution in [2.75, 3.05) is 13.1 Å². The standard InChI is InChI=1S/C25H29FN4O2/c1-15(23(31)29-19(12-27)9-16-10-21(16)29)13-28-14-20-11-22(28)24(32)30(20)25(7-2-8-25)17-3-5-18(26)6-4-17/h3-6,15-16,19-22H,2,7-11,13-14H2,1H3/t15-,16+,19-,20-,21?,22-/m0/s1. The summed E-state index contributed by atoms with van der Waals surface area (Å²) in [5.41, 5.74) is 0.741. The van der Waals surface area contributed by atoms with Crippen molar-refractivity contribution in [2.24, 2.45) is 11.8 Å². The molecule has 1 unspecified atom stereocenters. The van der Waals surface area contributed by atoms with Crippen LogP contribution in [0.5, 0.6) is 0 Å². The van der Waals surface area contributed by atoms with E-state index in [0.29, 0.717) is 12.5 Å². The van der Waals surface area contributed by atoms with Crippen molar-refractivity contribution in [2.45, 2.75) is 75.2 Å². The van der Waals surface area contributed by atoms with Crippen molar-refractivity contribution in [3.05, 3.63) is 35.6 Å². The SMILES string of the molecule is C[C@@H](CN1C[C@@H]2C[C@H]1C(=O)N2C1(c2ccc(F)cc2)CCC1)C(=O)N1C2C[C@H]2C[C@H]1C#N. The molecule has 5 fully saturated rings. The van der Waals surface area contributed by atoms with E-state index in [-0.39, 0.29) is 53.3 Å². The van der Waals surface area contributed by atoms with Gasteiger partial charge < -0.3 is 9.80 Å². The lowest BCUT2D eigenvalue weighted by atomic mass is 9.70. The van der Waals surface area contributed by atoms with E-state index in [2.05, 4.69) is 15.9 Å². The van der Waals surface area contributed by atoms with Crippen molar-refractivity contribution in [3.63, 3.8) is 0 Å². The molecule has 2 bridgehead atoms. The Morgan fingerprint density at radius 1 is 1.25 bits per heavy atom. The Morgan fingerprint density at radius 3 is 2.62 bits per heavy atom. The smallest absolute Gasteiger partial charge is 0.241 e. The first-order valence-corrected chi connectivity index (χ1v) is 12.0. The van der Waals surface area contributed by atoms with E-state index in [1.807, 2.05) is 24.0 Å². The summed E-state index contributed by atoms with van der Waals surface area (Å²) in [5, 5.41) is 9.43. The second kappa shape index (κ2) is 7.02. The van der Waals surface area contributed by atoms with Gasteiger partial charge in [0, 0.05) is 31.1 Å². The van der Waals surface area contributed by atoms with Crippen molar-refractivity contribution in [1.29, 1.82) is 5.26 Å². The highest BCUT2D eigenvalue weighted by molar-refractivity contribution is 5.87. The van der Waals surface area contributed by atoms with Gasteiger partial charge in [0.25, 0.3) is 0 Å². The number of carbonyl (C=O) groups excluding carboxylic acids is 2. The summed E-state index contributed by atoms with van der Waals surface area (Å²) in [6, 6.07) is 8.90. The normalized spacial score (nSPS) is 35.4. The lowest BCUT2D eigenvalue weighted by Crippen LogP contribution is -2.61. The zero-order valence-electron chi connectivity index (χ0n) is 18.4. The van der Waals surface area contributed by atoms with Gasteiger partial charge in [-0.1, -0.05) is 19.1 Å². The van der Waals surface area contributed by atoms with E-state index < -0.39 is 0 Å². The molecule has 3 aliphatic heterocycles. The van der Waals surface area contributed by atoms with Crippen LogP contribution in [0.2, 0.25) is 0 Å². The fraction of sp³-hybridized carbons (Fsp3) is 0.640. The Morgan fingerprint density at radius 2 is 2.00 bits per heavy atom. The van der Waals surface area contributed by atoms with Gasteiger partial charge in [-0.15, -0.1) is 0 Å². The molecule has 1 aromatic carbocycles. The predicted molar refractivity (Wildman–Crippen MR) is 114 cm³/mol. The van der Waals surface area contributed by atoms with Crippen LogP contribution in [-0.4, -0.2) is 63.8 Å². The second-order valence-corrected chi connectivity index (χ2v) is 10.5. The number of likely N-dealkylation sites (tertiary alicyclic amines) is 3. The quantitative estimate of drug-likeness (QED) is 0.712. The first kappa shape index (κ1) is 20.2. The molecule has 0 spiro atoms. The molecule has 6 atom stereocenters. The number of rotatable bonds is 5. The monoisotopic (exact) mass is 436 g/mol. The first-order valence-electron chi connectivity index (χ1n) is 12.0. The Labute approximate surface area is 187 Å². The minimum Gasteiger partial charge on any atom is -0.327 e. The Hall–Kier alpha value is -2.46. The van der Waals surface area contributed by atoms with Gasteiger partial charge in [-0.3, -0.25) is 14.5 Å². The molecule has 0 N–H and O–H groups in total. The van der Waals surface area contributed by atoms with Gasteiger partial charge in [-0.25, -0.2) is 4.39 Å². The lowest BCUT2D eigenvalue weighted by Gasteiger charge is -2.53. The van der Waals surface area contributed by atoms with Gasteiger partial charge in [0.15, 0.2) is 0 Å². The van der Waals surface area contributed by atoms with E-state index in [9.17, 15) is 19.2 Å². The average Bonchev–Trinajstić information content (AvgIpc) is 3.09. The summed E-state index contributed by atoms with van der Waals surface area (Å²) >= 11 is 0. The number of carbonyl (C=O) groups is 2. The highest BCUT2D eigenvalue weighted by Gasteiger charge is 2.59. The van der Waals surface area contributed by atoms with E-state index >= 15 is 0 Å². The summed E-state index contributed by atoms with van der Waals surface area (Å²) in [6.07, 6.45) is 5.58. The number of nitriles is 1. The zero-order chi connectivity index (χ0) is 22.2. The first-order chi connectivity index (χ1) is 15.4. The molecule has 32 heavy (non-hydrogen) atoms. The maximum absolute atomic E-state index is 13.5. The number of piperazine rings is 1. The molecule has 6 nitrogen and oxygen atoms in total. The molecule has 5 aliphatic rings. The van der Waals surface area contributed by atoms with E-state index in [4.69, 9.17) is 0 Å². The lowest BCUT2D eigenvalue weighted by molar-refractivity contribution is -0.151. The average molecular weight is 437 g/mol. The third-order valence-electron chi connectivity index (χ3n) is 8.73. The van der Waals surface area contributed by atoms with Gasteiger partial charge in [-0.05, 0) is 62.1 Å². The van der Waals surface area contributed by atoms with Crippen LogP contribution in [-0.2, 0) is 15.1 Å².